The summed E-state index contributed by atoms with van der Waals surface area (Å²) in [7, 11) is 1.56. The first kappa shape index (κ1) is 20.9. The van der Waals surface area contributed by atoms with Crippen LogP contribution in [0.1, 0.15) is 31.2 Å². The highest BCUT2D eigenvalue weighted by atomic mass is 16.7. The van der Waals surface area contributed by atoms with Crippen molar-refractivity contribution in [3.05, 3.63) is 35.9 Å². The molecule has 30 heavy (non-hydrogen) atoms. The number of hydrogen-bond donors (Lipinski definition) is 0. The van der Waals surface area contributed by atoms with Gasteiger partial charge in [0.2, 0.25) is 0 Å². The molecule has 3 heterocycles. The van der Waals surface area contributed by atoms with E-state index < -0.39 is 6.04 Å². The molecule has 8 nitrogen and oxygen atoms in total. The number of amides is 2. The van der Waals surface area contributed by atoms with Crippen molar-refractivity contribution >= 4 is 25.6 Å². The number of carbonyl (C=O) groups is 3. The van der Waals surface area contributed by atoms with Crippen LogP contribution in [0.15, 0.2) is 30.3 Å². The summed E-state index contributed by atoms with van der Waals surface area (Å²) in [6.45, 7) is 2.78. The average Bonchev–Trinajstić information content (AvgIpc) is 3.02. The smallest absolute Gasteiger partial charge is 0.345 e. The van der Waals surface area contributed by atoms with E-state index in [0.717, 1.165) is 44.1 Å². The summed E-state index contributed by atoms with van der Waals surface area (Å²) in [5.74, 6) is -0.0323. The Kier molecular flexibility index (Phi) is 6.69. The number of ether oxygens (including phenoxy) is 1. The highest BCUT2D eigenvalue weighted by Gasteiger charge is 2.48. The molecule has 2 atom stereocenters. The van der Waals surface area contributed by atoms with Gasteiger partial charge < -0.3 is 19.2 Å². The third-order valence-electron chi connectivity index (χ3n) is 6.19. The summed E-state index contributed by atoms with van der Waals surface area (Å²) in [5.41, 5.74) is 0.995. The Hall–Kier alpha value is -2.39. The molecule has 0 unspecified atom stereocenters. The molecular weight excluding hydrogens is 385 g/mol. The van der Waals surface area contributed by atoms with Gasteiger partial charge in [0.25, 0.3) is 7.41 Å². The molecule has 1 aromatic carbocycles. The third kappa shape index (κ3) is 4.68. The van der Waals surface area contributed by atoms with E-state index in [4.69, 9.17) is 9.57 Å². The highest BCUT2D eigenvalue weighted by molar-refractivity contribution is 6.64. The van der Waals surface area contributed by atoms with Gasteiger partial charge in [-0.2, -0.15) is 5.06 Å². The van der Waals surface area contributed by atoms with Gasteiger partial charge in [-0.15, -0.1) is 0 Å². The predicted octanol–water partition coefficient (Wildman–Crippen LogP) is 1.45. The Morgan fingerprint density at radius 1 is 1.13 bits per heavy atom. The van der Waals surface area contributed by atoms with Gasteiger partial charge in [-0.05, 0) is 50.3 Å². The van der Waals surface area contributed by atoms with Crippen LogP contribution >= 0.6 is 0 Å². The minimum Gasteiger partial charge on any atom is -0.464 e. The van der Waals surface area contributed by atoms with Gasteiger partial charge in [-0.1, -0.05) is 30.3 Å². The van der Waals surface area contributed by atoms with Gasteiger partial charge >= 0.3 is 12.0 Å². The lowest BCUT2D eigenvalue weighted by Gasteiger charge is -2.32. The van der Waals surface area contributed by atoms with E-state index in [1.54, 1.807) is 12.3 Å². The molecule has 159 valence electrons. The molecule has 0 N–H and O–H groups in total. The molecule has 9 heteroatoms. The number of carbonyl (C=O) groups excluding carboxylic acids is 3. The summed E-state index contributed by atoms with van der Waals surface area (Å²) in [6, 6.07) is 8.89. The lowest BCUT2D eigenvalue weighted by atomic mass is 9.87. The van der Waals surface area contributed by atoms with Crippen LogP contribution in [-0.4, -0.2) is 78.7 Å². The molecule has 3 saturated heterocycles. The Labute approximate surface area is 177 Å². The SMILES string of the molecule is O=C[B]N1CCC(COC(=O)[C@@H]2CC[C@@H]3CN2C(=O)N3OCc2ccccc2)CC1. The molecule has 0 aromatic heterocycles. The second kappa shape index (κ2) is 9.62. The number of nitrogens with zero attached hydrogens (tertiary/aromatic N) is 3. The molecule has 0 aliphatic carbocycles. The van der Waals surface area contributed by atoms with Crippen molar-refractivity contribution in [1.82, 2.24) is 14.8 Å². The molecule has 4 rings (SSSR count). The fourth-order valence-electron chi connectivity index (χ4n) is 4.41. The van der Waals surface area contributed by atoms with Crippen LogP contribution in [0.5, 0.6) is 0 Å². The van der Waals surface area contributed by atoms with Crippen LogP contribution in [0.25, 0.3) is 0 Å². The van der Waals surface area contributed by atoms with Crippen LogP contribution in [0.3, 0.4) is 0 Å². The Morgan fingerprint density at radius 3 is 2.63 bits per heavy atom. The largest absolute Gasteiger partial charge is 0.464 e. The number of benzene rings is 1. The first-order valence-corrected chi connectivity index (χ1v) is 10.6. The molecule has 3 fully saturated rings. The standard InChI is InChI=1S/C21H27BN3O5/c26-15-22-23-10-8-17(9-11-23)13-29-20(27)19-7-6-18-12-24(19)21(28)25(18)30-14-16-4-2-1-3-5-16/h1-5,15,17-19H,6-14H2/t18-,19+/m1/s1. The Bertz CT molecular complexity index is 756. The molecule has 1 radical (unpaired) electrons. The van der Waals surface area contributed by atoms with Crippen molar-refractivity contribution in [1.29, 1.82) is 0 Å². The number of rotatable bonds is 8. The number of hydroxylamine groups is 2. The van der Waals surface area contributed by atoms with Gasteiger partial charge in [0, 0.05) is 6.54 Å². The Balaban J connectivity index is 1.25. The fourth-order valence-corrected chi connectivity index (χ4v) is 4.41. The zero-order valence-electron chi connectivity index (χ0n) is 17.0. The molecular formula is C21H27BN3O5. The number of urea groups is 1. The van der Waals surface area contributed by atoms with Crippen LogP contribution in [-0.2, 0) is 25.8 Å². The summed E-state index contributed by atoms with van der Waals surface area (Å²) in [4.78, 5) is 45.4. The maximum Gasteiger partial charge on any atom is 0.345 e. The molecule has 1 aromatic rings. The second-order valence-corrected chi connectivity index (χ2v) is 8.16. The lowest BCUT2D eigenvalue weighted by molar-refractivity contribution is -0.151. The fraction of sp³-hybridized carbons (Fsp3) is 0.571. The number of piperidine rings is 2. The Morgan fingerprint density at radius 2 is 1.90 bits per heavy atom. The van der Waals surface area contributed by atoms with Crippen LogP contribution in [0.4, 0.5) is 4.79 Å². The minimum atomic E-state index is -0.539. The number of esters is 1. The highest BCUT2D eigenvalue weighted by Crippen LogP contribution is 2.31. The molecule has 2 bridgehead atoms. The van der Waals surface area contributed by atoms with Gasteiger partial charge in [-0.25, -0.2) is 9.59 Å². The average molecular weight is 412 g/mol. The summed E-state index contributed by atoms with van der Waals surface area (Å²) < 4.78 is 5.59. The normalized spacial score (nSPS) is 24.7. The van der Waals surface area contributed by atoms with Crippen molar-refractivity contribution in [2.75, 3.05) is 26.2 Å². The summed E-state index contributed by atoms with van der Waals surface area (Å²) in [6.07, 6.45) is 3.88. The van der Waals surface area contributed by atoms with Crippen molar-refractivity contribution < 1.29 is 24.0 Å². The van der Waals surface area contributed by atoms with E-state index in [0.29, 0.717) is 32.1 Å². The molecule has 0 saturated carbocycles. The second-order valence-electron chi connectivity index (χ2n) is 8.16. The van der Waals surface area contributed by atoms with E-state index in [2.05, 4.69) is 0 Å². The van der Waals surface area contributed by atoms with E-state index in [1.165, 1.54) is 5.06 Å². The zero-order valence-corrected chi connectivity index (χ0v) is 17.0. The van der Waals surface area contributed by atoms with E-state index in [9.17, 15) is 14.4 Å². The van der Waals surface area contributed by atoms with E-state index >= 15 is 0 Å². The monoisotopic (exact) mass is 412 g/mol. The van der Waals surface area contributed by atoms with Gasteiger partial charge in [0.15, 0.2) is 0 Å². The lowest BCUT2D eigenvalue weighted by Crippen LogP contribution is -2.46. The number of fused-ring (bicyclic) bond motifs is 2. The van der Waals surface area contributed by atoms with Crippen molar-refractivity contribution in [2.24, 2.45) is 5.92 Å². The van der Waals surface area contributed by atoms with Crippen LogP contribution in [0, 0.1) is 5.92 Å². The summed E-state index contributed by atoms with van der Waals surface area (Å²) in [5, 5.41) is 1.43. The van der Waals surface area contributed by atoms with Crippen LogP contribution in [0.2, 0.25) is 0 Å². The van der Waals surface area contributed by atoms with E-state index in [-0.39, 0.29) is 18.0 Å². The molecule has 3 aliphatic rings. The van der Waals surface area contributed by atoms with E-state index in [1.807, 2.05) is 35.1 Å². The van der Waals surface area contributed by atoms with Crippen LogP contribution < -0.4 is 0 Å². The third-order valence-corrected chi connectivity index (χ3v) is 6.19. The van der Waals surface area contributed by atoms with Crippen molar-refractivity contribution in [2.45, 2.75) is 44.4 Å². The predicted molar refractivity (Wildman–Crippen MR) is 110 cm³/mol. The van der Waals surface area contributed by atoms with Gasteiger partial charge in [0.05, 0.1) is 18.8 Å². The van der Waals surface area contributed by atoms with Gasteiger partial charge in [-0.3, -0.25) is 4.84 Å². The van der Waals surface area contributed by atoms with Gasteiger partial charge in [0.1, 0.15) is 12.6 Å². The van der Waals surface area contributed by atoms with Crippen molar-refractivity contribution in [3.63, 3.8) is 0 Å². The molecule has 0 spiro atoms. The molecule has 2 amide bonds. The van der Waals surface area contributed by atoms with Crippen molar-refractivity contribution in [3.8, 4) is 0 Å². The topological polar surface area (TPSA) is 79.4 Å². The first-order chi connectivity index (χ1) is 14.7. The number of hydrogen-bond acceptors (Lipinski definition) is 6. The molecule has 3 aliphatic heterocycles. The first-order valence-electron chi connectivity index (χ1n) is 10.6. The maximum atomic E-state index is 12.8. The minimum absolute atomic E-state index is 0.0244. The summed E-state index contributed by atoms with van der Waals surface area (Å²) >= 11 is 0. The quantitative estimate of drug-likeness (QED) is 0.366. The maximum absolute atomic E-state index is 12.8. The zero-order chi connectivity index (χ0) is 20.9.